The SMILES string of the molecule is CC(C)C(N)C(N)(C1CCCCC1)C1CCCCC1. The Morgan fingerprint density at radius 2 is 1.16 bits per heavy atom. The highest BCUT2D eigenvalue weighted by Crippen LogP contribution is 2.44. The standard InChI is InChI=1S/C17H34N2/c1-13(2)16(18)17(19,14-9-5-3-6-10-14)15-11-7-4-8-12-15/h13-16H,3-12,18-19H2,1-2H3. The molecule has 0 bridgehead atoms. The van der Waals surface area contributed by atoms with E-state index in [2.05, 4.69) is 13.8 Å². The van der Waals surface area contributed by atoms with Gasteiger partial charge in [0.1, 0.15) is 0 Å². The Balaban J connectivity index is 2.19. The van der Waals surface area contributed by atoms with Crippen molar-refractivity contribution in [1.29, 1.82) is 0 Å². The van der Waals surface area contributed by atoms with E-state index in [1.807, 2.05) is 0 Å². The summed E-state index contributed by atoms with van der Waals surface area (Å²) in [6, 6.07) is 0.165. The summed E-state index contributed by atoms with van der Waals surface area (Å²) in [4.78, 5) is 0. The van der Waals surface area contributed by atoms with Crippen LogP contribution in [0.2, 0.25) is 0 Å². The first-order valence-electron chi connectivity index (χ1n) is 8.61. The van der Waals surface area contributed by atoms with Gasteiger partial charge in [-0.1, -0.05) is 52.4 Å². The molecule has 4 N–H and O–H groups in total. The predicted molar refractivity (Wildman–Crippen MR) is 82.9 cm³/mol. The molecule has 0 aliphatic heterocycles. The van der Waals surface area contributed by atoms with Gasteiger partial charge in [0.15, 0.2) is 0 Å². The first-order chi connectivity index (χ1) is 9.06. The van der Waals surface area contributed by atoms with Gasteiger partial charge in [0.25, 0.3) is 0 Å². The molecule has 0 aromatic rings. The molecule has 1 atom stereocenters. The van der Waals surface area contributed by atoms with Crippen LogP contribution in [0.15, 0.2) is 0 Å². The second kappa shape index (κ2) is 6.58. The van der Waals surface area contributed by atoms with Gasteiger partial charge in [-0.25, -0.2) is 0 Å². The van der Waals surface area contributed by atoms with Crippen LogP contribution >= 0.6 is 0 Å². The van der Waals surface area contributed by atoms with Crippen LogP contribution in [-0.2, 0) is 0 Å². The Kier molecular flexibility index (Phi) is 5.30. The van der Waals surface area contributed by atoms with E-state index in [-0.39, 0.29) is 11.6 Å². The van der Waals surface area contributed by atoms with Crippen LogP contribution in [0, 0.1) is 17.8 Å². The smallest absolute Gasteiger partial charge is 0.0367 e. The maximum absolute atomic E-state index is 7.07. The number of rotatable bonds is 4. The highest BCUT2D eigenvalue weighted by Gasteiger charge is 2.47. The van der Waals surface area contributed by atoms with Crippen molar-refractivity contribution in [3.8, 4) is 0 Å². The molecule has 1 unspecified atom stereocenters. The minimum Gasteiger partial charge on any atom is -0.326 e. The summed E-state index contributed by atoms with van der Waals surface area (Å²) in [5.41, 5.74) is 13.6. The molecule has 2 nitrogen and oxygen atoms in total. The summed E-state index contributed by atoms with van der Waals surface area (Å²) in [5, 5.41) is 0. The van der Waals surface area contributed by atoms with Gasteiger partial charge in [0.05, 0.1) is 0 Å². The monoisotopic (exact) mass is 266 g/mol. The van der Waals surface area contributed by atoms with Crippen LogP contribution in [0.25, 0.3) is 0 Å². The number of hydrogen-bond donors (Lipinski definition) is 2. The van der Waals surface area contributed by atoms with Crippen LogP contribution in [-0.4, -0.2) is 11.6 Å². The predicted octanol–water partition coefficient (Wildman–Crippen LogP) is 3.83. The fourth-order valence-corrected chi connectivity index (χ4v) is 4.66. The second-order valence-corrected chi connectivity index (χ2v) is 7.44. The molecular formula is C17H34N2. The highest BCUT2D eigenvalue weighted by molar-refractivity contribution is 5.06. The summed E-state index contributed by atoms with van der Waals surface area (Å²) in [5.74, 6) is 1.83. The van der Waals surface area contributed by atoms with Gasteiger partial charge in [-0.15, -0.1) is 0 Å². The van der Waals surface area contributed by atoms with Crippen molar-refractivity contribution < 1.29 is 0 Å². The lowest BCUT2D eigenvalue weighted by Crippen LogP contribution is -2.66. The Morgan fingerprint density at radius 1 is 0.789 bits per heavy atom. The van der Waals surface area contributed by atoms with Crippen molar-refractivity contribution in [3.05, 3.63) is 0 Å². The minimum absolute atomic E-state index is 0.102. The summed E-state index contributed by atoms with van der Waals surface area (Å²) in [7, 11) is 0. The van der Waals surface area contributed by atoms with E-state index in [0.717, 1.165) is 0 Å². The van der Waals surface area contributed by atoms with Crippen molar-refractivity contribution >= 4 is 0 Å². The molecule has 112 valence electrons. The van der Waals surface area contributed by atoms with Crippen LogP contribution in [0.4, 0.5) is 0 Å². The first kappa shape index (κ1) is 15.3. The highest BCUT2D eigenvalue weighted by atomic mass is 14.9. The van der Waals surface area contributed by atoms with Crippen LogP contribution in [0.5, 0.6) is 0 Å². The van der Waals surface area contributed by atoms with Crippen LogP contribution < -0.4 is 11.5 Å². The minimum atomic E-state index is -0.102. The maximum atomic E-state index is 7.07. The third kappa shape index (κ3) is 3.16. The molecule has 2 rings (SSSR count). The molecule has 0 heterocycles. The molecule has 0 spiro atoms. The zero-order valence-electron chi connectivity index (χ0n) is 13.0. The second-order valence-electron chi connectivity index (χ2n) is 7.44. The lowest BCUT2D eigenvalue weighted by molar-refractivity contribution is 0.0655. The molecule has 2 heteroatoms. The largest absolute Gasteiger partial charge is 0.326 e. The van der Waals surface area contributed by atoms with Gasteiger partial charge in [0, 0.05) is 11.6 Å². The van der Waals surface area contributed by atoms with Crippen LogP contribution in [0.3, 0.4) is 0 Å². The third-order valence-electron chi connectivity index (χ3n) is 5.92. The zero-order chi connectivity index (χ0) is 13.9. The van der Waals surface area contributed by atoms with Gasteiger partial charge in [-0.05, 0) is 43.4 Å². The van der Waals surface area contributed by atoms with Crippen molar-refractivity contribution in [2.24, 2.45) is 29.2 Å². The molecular weight excluding hydrogens is 232 g/mol. The fourth-order valence-electron chi connectivity index (χ4n) is 4.66. The normalized spacial score (nSPS) is 25.7. The molecule has 0 amide bonds. The Labute approximate surface area is 119 Å². The third-order valence-corrected chi connectivity index (χ3v) is 5.92. The van der Waals surface area contributed by atoms with Crippen molar-refractivity contribution in [2.75, 3.05) is 0 Å². The average molecular weight is 266 g/mol. The molecule has 2 fully saturated rings. The van der Waals surface area contributed by atoms with Gasteiger partial charge in [-0.3, -0.25) is 0 Å². The lowest BCUT2D eigenvalue weighted by atomic mass is 9.60. The maximum Gasteiger partial charge on any atom is 0.0367 e. The van der Waals surface area contributed by atoms with E-state index >= 15 is 0 Å². The number of hydrogen-bond acceptors (Lipinski definition) is 2. The fraction of sp³-hybridized carbons (Fsp3) is 1.00. The van der Waals surface area contributed by atoms with Crippen molar-refractivity contribution in [2.45, 2.75) is 89.6 Å². The Morgan fingerprint density at radius 3 is 1.47 bits per heavy atom. The average Bonchev–Trinajstić information content (AvgIpc) is 2.47. The van der Waals surface area contributed by atoms with E-state index in [0.29, 0.717) is 17.8 Å². The molecule has 19 heavy (non-hydrogen) atoms. The Hall–Kier alpha value is -0.0800. The molecule has 0 aromatic heterocycles. The van der Waals surface area contributed by atoms with Crippen molar-refractivity contribution in [1.82, 2.24) is 0 Å². The van der Waals surface area contributed by atoms with E-state index in [1.54, 1.807) is 0 Å². The zero-order valence-corrected chi connectivity index (χ0v) is 13.0. The summed E-state index contributed by atoms with van der Waals surface area (Å²) in [6.07, 6.45) is 13.5. The lowest BCUT2D eigenvalue weighted by Gasteiger charge is -2.51. The van der Waals surface area contributed by atoms with E-state index in [9.17, 15) is 0 Å². The first-order valence-corrected chi connectivity index (χ1v) is 8.61. The molecule has 2 aliphatic carbocycles. The molecule has 0 radical (unpaired) electrons. The molecule has 0 aromatic carbocycles. The van der Waals surface area contributed by atoms with Crippen LogP contribution in [0.1, 0.15) is 78.1 Å². The van der Waals surface area contributed by atoms with Gasteiger partial charge < -0.3 is 11.5 Å². The van der Waals surface area contributed by atoms with Gasteiger partial charge in [-0.2, -0.15) is 0 Å². The number of nitrogens with two attached hydrogens (primary N) is 2. The topological polar surface area (TPSA) is 52.0 Å². The van der Waals surface area contributed by atoms with Gasteiger partial charge in [0.2, 0.25) is 0 Å². The molecule has 2 aliphatic rings. The Bertz CT molecular complexity index is 244. The molecule has 2 saturated carbocycles. The van der Waals surface area contributed by atoms with E-state index < -0.39 is 0 Å². The summed E-state index contributed by atoms with van der Waals surface area (Å²) in [6.45, 7) is 4.50. The summed E-state index contributed by atoms with van der Waals surface area (Å²) >= 11 is 0. The van der Waals surface area contributed by atoms with Gasteiger partial charge >= 0.3 is 0 Å². The summed E-state index contributed by atoms with van der Waals surface area (Å²) < 4.78 is 0. The van der Waals surface area contributed by atoms with E-state index in [1.165, 1.54) is 64.2 Å². The van der Waals surface area contributed by atoms with Crippen molar-refractivity contribution in [3.63, 3.8) is 0 Å². The molecule has 0 saturated heterocycles. The quantitative estimate of drug-likeness (QED) is 0.812. The van der Waals surface area contributed by atoms with E-state index in [4.69, 9.17) is 11.5 Å².